The Hall–Kier alpha value is -0.436. The Morgan fingerprint density at radius 1 is 0.840 bits per heavy atom. The second-order valence-electron chi connectivity index (χ2n) is 8.54. The minimum atomic E-state index is -3.97. The van der Waals surface area contributed by atoms with Crippen molar-refractivity contribution in [3.63, 3.8) is 0 Å². The maximum absolute atomic E-state index is 12.4. The molecule has 0 aliphatic rings. The van der Waals surface area contributed by atoms with E-state index in [0.29, 0.717) is 0 Å². The maximum Gasteiger partial charge on any atom is 0.302 e. The van der Waals surface area contributed by atoms with E-state index in [2.05, 4.69) is 0 Å². The molecule has 0 saturated carbocycles. The van der Waals surface area contributed by atoms with Gasteiger partial charge in [-0.25, -0.2) is 0 Å². The van der Waals surface area contributed by atoms with Gasteiger partial charge in [-0.15, -0.1) is 0 Å². The minimum Gasteiger partial charge on any atom is -0.519 e. The zero-order valence-corrected chi connectivity index (χ0v) is 20.0. The highest BCUT2D eigenvalue weighted by Gasteiger charge is 2.48. The fraction of sp³-hybridized carbons (Fsp3) is 0.875. The third kappa shape index (κ3) is 7.77. The van der Waals surface area contributed by atoms with Crippen LogP contribution in [0.15, 0.2) is 0 Å². The van der Waals surface area contributed by atoms with Gasteiger partial charge in [-0.1, -0.05) is 41.5 Å². The summed E-state index contributed by atoms with van der Waals surface area (Å²) in [4.78, 5) is 34.2. The molecule has 0 aromatic heterocycles. The summed E-state index contributed by atoms with van der Waals surface area (Å²) in [5, 5.41) is 0. The Kier molecular flexibility index (Phi) is 8.82. The molecule has 0 aromatic carbocycles. The van der Waals surface area contributed by atoms with Gasteiger partial charge in [-0.05, 0) is 36.3 Å². The Morgan fingerprint density at radius 3 is 1.44 bits per heavy atom. The normalized spacial score (nSPS) is 15.4. The molecule has 0 bridgehead atoms. The van der Waals surface area contributed by atoms with Gasteiger partial charge in [0.05, 0.1) is 0 Å². The summed E-state index contributed by atoms with van der Waals surface area (Å²) in [6, 6.07) is 0. The molecule has 0 radical (unpaired) electrons. The summed E-state index contributed by atoms with van der Waals surface area (Å²) < 4.78 is 23.4. The van der Waals surface area contributed by atoms with Crippen LogP contribution in [0.2, 0.25) is 36.3 Å². The molecule has 0 aliphatic carbocycles. The van der Waals surface area contributed by atoms with Gasteiger partial charge in [0.15, 0.2) is 0 Å². The lowest BCUT2D eigenvalue weighted by Gasteiger charge is -2.41. The molecule has 25 heavy (non-hydrogen) atoms. The number of hydrogen-bond acceptors (Lipinski definition) is 5. The molecular formula is C16H35O6PSi2. The molecule has 0 fully saturated rings. The van der Waals surface area contributed by atoms with Crippen LogP contribution in [0.3, 0.4) is 0 Å². The molecule has 0 rings (SSSR count). The van der Waals surface area contributed by atoms with E-state index in [4.69, 9.17) is 8.85 Å². The minimum absolute atomic E-state index is 0.186. The standard InChI is InChI=1S/C16H35O6PSi2/c1-12(2)25(13(3)4,14(5)6)22-16(18)11-23(19,20)10-15(17)21-24(7,8)9/h12-14H,10-11H2,1-9H3,(H,19,20). The van der Waals surface area contributed by atoms with E-state index in [1.807, 2.05) is 61.2 Å². The summed E-state index contributed by atoms with van der Waals surface area (Å²) in [5.41, 5.74) is 0.559. The largest absolute Gasteiger partial charge is 0.519 e. The zero-order chi connectivity index (χ0) is 20.2. The number of carbonyl (C=O) groups excluding carboxylic acids is 2. The Bertz CT molecular complexity index is 503. The lowest BCUT2D eigenvalue weighted by Crippen LogP contribution is -2.49. The lowest BCUT2D eigenvalue weighted by molar-refractivity contribution is -0.133. The maximum atomic E-state index is 12.4. The van der Waals surface area contributed by atoms with Crippen molar-refractivity contribution in [2.75, 3.05) is 12.3 Å². The van der Waals surface area contributed by atoms with Crippen LogP contribution in [0.25, 0.3) is 0 Å². The monoisotopic (exact) mass is 410 g/mol. The van der Waals surface area contributed by atoms with Gasteiger partial charge < -0.3 is 13.7 Å². The first-order valence-electron chi connectivity index (χ1n) is 8.78. The Morgan fingerprint density at radius 2 is 1.16 bits per heavy atom. The SMILES string of the molecule is CC(C)[Si](OC(=O)CP(=O)(O)CC(=O)O[Si](C)(C)C)(C(C)C)C(C)C. The molecule has 0 saturated heterocycles. The third-order valence-electron chi connectivity index (χ3n) is 4.17. The van der Waals surface area contributed by atoms with E-state index in [-0.39, 0.29) is 16.6 Å². The molecule has 0 aromatic rings. The summed E-state index contributed by atoms with van der Waals surface area (Å²) in [7, 11) is -8.57. The third-order valence-corrected chi connectivity index (χ3v) is 12.5. The average Bonchev–Trinajstić information content (AvgIpc) is 2.29. The molecule has 1 N–H and O–H groups in total. The molecule has 148 valence electrons. The van der Waals surface area contributed by atoms with Crippen LogP contribution in [-0.2, 0) is 23.0 Å². The molecule has 0 heterocycles. The second-order valence-corrected chi connectivity index (χ2v) is 20.7. The van der Waals surface area contributed by atoms with Crippen molar-refractivity contribution in [3.8, 4) is 0 Å². The highest BCUT2D eigenvalue weighted by atomic mass is 31.2. The van der Waals surface area contributed by atoms with Crippen LogP contribution in [0.4, 0.5) is 0 Å². The lowest BCUT2D eigenvalue weighted by atomic mass is 10.5. The first-order chi connectivity index (χ1) is 11.0. The molecule has 0 aliphatic heterocycles. The molecule has 0 amide bonds. The van der Waals surface area contributed by atoms with Crippen molar-refractivity contribution in [3.05, 3.63) is 0 Å². The van der Waals surface area contributed by atoms with Gasteiger partial charge in [-0.3, -0.25) is 14.2 Å². The van der Waals surface area contributed by atoms with E-state index < -0.39 is 48.3 Å². The van der Waals surface area contributed by atoms with Crippen LogP contribution in [0.5, 0.6) is 0 Å². The van der Waals surface area contributed by atoms with Crippen LogP contribution in [-0.4, -0.2) is 45.8 Å². The van der Waals surface area contributed by atoms with Gasteiger partial charge in [0.25, 0.3) is 8.32 Å². The van der Waals surface area contributed by atoms with E-state index in [1.54, 1.807) is 0 Å². The summed E-state index contributed by atoms with van der Waals surface area (Å²) in [6.07, 6.45) is -1.29. The molecular weight excluding hydrogens is 375 g/mol. The number of carbonyl (C=O) groups is 2. The summed E-state index contributed by atoms with van der Waals surface area (Å²) in [5.74, 6) is -1.41. The van der Waals surface area contributed by atoms with Crippen molar-refractivity contribution in [1.29, 1.82) is 0 Å². The van der Waals surface area contributed by atoms with Crippen LogP contribution in [0, 0.1) is 0 Å². The van der Waals surface area contributed by atoms with E-state index in [0.717, 1.165) is 0 Å². The average molecular weight is 411 g/mol. The predicted octanol–water partition coefficient (Wildman–Crippen LogP) is 4.35. The van der Waals surface area contributed by atoms with Crippen LogP contribution in [0.1, 0.15) is 41.5 Å². The van der Waals surface area contributed by atoms with E-state index in [9.17, 15) is 19.0 Å². The van der Waals surface area contributed by atoms with E-state index in [1.165, 1.54) is 0 Å². The first-order valence-corrected chi connectivity index (χ1v) is 16.4. The van der Waals surface area contributed by atoms with Gasteiger partial charge in [0.1, 0.15) is 12.3 Å². The molecule has 0 spiro atoms. The van der Waals surface area contributed by atoms with Crippen molar-refractivity contribution in [1.82, 2.24) is 0 Å². The fourth-order valence-electron chi connectivity index (χ4n) is 3.42. The topological polar surface area (TPSA) is 89.9 Å². The highest BCUT2D eigenvalue weighted by molar-refractivity contribution is 7.59. The van der Waals surface area contributed by atoms with Crippen molar-refractivity contribution in [2.24, 2.45) is 0 Å². The van der Waals surface area contributed by atoms with Crippen molar-refractivity contribution < 1.29 is 27.9 Å². The van der Waals surface area contributed by atoms with Crippen LogP contribution >= 0.6 is 7.37 Å². The van der Waals surface area contributed by atoms with Crippen LogP contribution < -0.4 is 0 Å². The van der Waals surface area contributed by atoms with Gasteiger partial charge in [0, 0.05) is 0 Å². The van der Waals surface area contributed by atoms with Gasteiger partial charge >= 0.3 is 11.9 Å². The van der Waals surface area contributed by atoms with Gasteiger partial charge in [0.2, 0.25) is 15.7 Å². The summed E-state index contributed by atoms with van der Waals surface area (Å²) >= 11 is 0. The molecule has 1 atom stereocenters. The molecule has 6 nitrogen and oxygen atoms in total. The molecule has 1 unspecified atom stereocenters. The highest BCUT2D eigenvalue weighted by Crippen LogP contribution is 2.45. The number of rotatable bonds is 9. The smallest absolute Gasteiger partial charge is 0.302 e. The second kappa shape index (κ2) is 8.97. The van der Waals surface area contributed by atoms with E-state index >= 15 is 0 Å². The van der Waals surface area contributed by atoms with Gasteiger partial charge in [-0.2, -0.15) is 0 Å². The van der Waals surface area contributed by atoms with Crippen molar-refractivity contribution >= 4 is 35.9 Å². The quantitative estimate of drug-likeness (QED) is 0.449. The Labute approximate surface area is 154 Å². The molecule has 9 heteroatoms. The first kappa shape index (κ1) is 24.6. The predicted molar refractivity (Wildman–Crippen MR) is 106 cm³/mol. The zero-order valence-electron chi connectivity index (χ0n) is 17.1. The number of hydrogen-bond donors (Lipinski definition) is 1. The summed E-state index contributed by atoms with van der Waals surface area (Å²) in [6.45, 7) is 17.6. The fourth-order valence-corrected chi connectivity index (χ4v) is 10.6. The Balaban J connectivity index is 5.12. The van der Waals surface area contributed by atoms with Crippen molar-refractivity contribution in [2.45, 2.75) is 77.8 Å².